The van der Waals surface area contributed by atoms with Gasteiger partial charge in [0.05, 0.1) is 12.7 Å². The molecule has 0 aliphatic heterocycles. The maximum Gasteiger partial charge on any atom is 0.119 e. The second-order valence-electron chi connectivity index (χ2n) is 4.89. The van der Waals surface area contributed by atoms with Crippen molar-refractivity contribution in [1.29, 1.82) is 0 Å². The summed E-state index contributed by atoms with van der Waals surface area (Å²) in [5.41, 5.74) is 0. The van der Waals surface area contributed by atoms with Gasteiger partial charge in [-0.15, -0.1) is 0 Å². The average Bonchev–Trinajstić information content (AvgIpc) is 2.42. The average molecular weight is 265 g/mol. The lowest BCUT2D eigenvalue weighted by Gasteiger charge is -2.08. The van der Waals surface area contributed by atoms with Crippen LogP contribution in [0, 0.1) is 0 Å². The predicted molar refractivity (Wildman–Crippen MR) is 79.7 cm³/mol. The van der Waals surface area contributed by atoms with E-state index in [1.165, 1.54) is 6.42 Å². The Kier molecular flexibility index (Phi) is 9.11. The maximum absolute atomic E-state index is 5.62. The van der Waals surface area contributed by atoms with Crippen molar-refractivity contribution in [3.63, 3.8) is 0 Å². The van der Waals surface area contributed by atoms with Crippen LogP contribution in [0.15, 0.2) is 30.3 Å². The van der Waals surface area contributed by atoms with Crippen LogP contribution in [0.1, 0.15) is 33.1 Å². The molecule has 3 nitrogen and oxygen atoms in total. The van der Waals surface area contributed by atoms with Crippen LogP contribution < -0.4 is 10.1 Å². The standard InChI is InChI=1S/C16H27NO2/c1-15(2)18-13-7-6-11-17-12-8-14-19-16-9-4-3-5-10-16/h3-5,9-10,15,17H,6-8,11-14H2,1-2H3. The first-order valence-corrected chi connectivity index (χ1v) is 7.29. The highest BCUT2D eigenvalue weighted by Gasteiger charge is 1.94. The molecule has 0 aliphatic carbocycles. The molecular formula is C16H27NO2. The van der Waals surface area contributed by atoms with Gasteiger partial charge in [-0.2, -0.15) is 0 Å². The first-order chi connectivity index (χ1) is 9.29. The molecule has 1 aromatic carbocycles. The number of unbranched alkanes of at least 4 members (excludes halogenated alkanes) is 1. The van der Waals surface area contributed by atoms with Gasteiger partial charge in [0.25, 0.3) is 0 Å². The van der Waals surface area contributed by atoms with Crippen LogP contribution in [0.4, 0.5) is 0 Å². The largest absolute Gasteiger partial charge is 0.494 e. The summed E-state index contributed by atoms with van der Waals surface area (Å²) in [5.74, 6) is 0.952. The Morgan fingerprint density at radius 1 is 0.947 bits per heavy atom. The van der Waals surface area contributed by atoms with E-state index in [4.69, 9.17) is 9.47 Å². The number of hydrogen-bond donors (Lipinski definition) is 1. The Hall–Kier alpha value is -1.06. The third-order valence-corrected chi connectivity index (χ3v) is 2.71. The van der Waals surface area contributed by atoms with Crippen molar-refractivity contribution in [3.05, 3.63) is 30.3 Å². The number of benzene rings is 1. The van der Waals surface area contributed by atoms with Crippen LogP contribution in [0.25, 0.3) is 0 Å². The van der Waals surface area contributed by atoms with Crippen LogP contribution in [0.2, 0.25) is 0 Å². The molecule has 0 saturated carbocycles. The molecule has 0 radical (unpaired) electrons. The Balaban J connectivity index is 1.81. The molecule has 0 fully saturated rings. The van der Waals surface area contributed by atoms with E-state index >= 15 is 0 Å². The summed E-state index contributed by atoms with van der Waals surface area (Å²) < 4.78 is 11.1. The molecule has 0 saturated heterocycles. The van der Waals surface area contributed by atoms with E-state index in [2.05, 4.69) is 19.2 Å². The lowest BCUT2D eigenvalue weighted by molar-refractivity contribution is 0.0760. The van der Waals surface area contributed by atoms with Gasteiger partial charge in [0, 0.05) is 6.61 Å². The summed E-state index contributed by atoms with van der Waals surface area (Å²) >= 11 is 0. The van der Waals surface area contributed by atoms with E-state index in [9.17, 15) is 0 Å². The Morgan fingerprint density at radius 3 is 2.42 bits per heavy atom. The van der Waals surface area contributed by atoms with Gasteiger partial charge in [0.15, 0.2) is 0 Å². The fourth-order valence-electron chi connectivity index (χ4n) is 1.70. The number of rotatable bonds is 11. The van der Waals surface area contributed by atoms with E-state index in [-0.39, 0.29) is 0 Å². The fraction of sp³-hybridized carbons (Fsp3) is 0.625. The fourth-order valence-corrected chi connectivity index (χ4v) is 1.70. The Morgan fingerprint density at radius 2 is 1.68 bits per heavy atom. The SMILES string of the molecule is CC(C)OCCCCNCCCOc1ccccc1. The van der Waals surface area contributed by atoms with Crippen molar-refractivity contribution in [2.24, 2.45) is 0 Å². The zero-order valence-corrected chi connectivity index (χ0v) is 12.2. The van der Waals surface area contributed by atoms with E-state index in [1.54, 1.807) is 0 Å². The zero-order valence-electron chi connectivity index (χ0n) is 12.2. The van der Waals surface area contributed by atoms with E-state index in [0.29, 0.717) is 6.10 Å². The number of ether oxygens (including phenoxy) is 2. The quantitative estimate of drug-likeness (QED) is 0.623. The summed E-state index contributed by atoms with van der Waals surface area (Å²) in [4.78, 5) is 0. The van der Waals surface area contributed by atoms with Gasteiger partial charge < -0.3 is 14.8 Å². The molecule has 0 bridgehead atoms. The molecule has 108 valence electrons. The van der Waals surface area contributed by atoms with Crippen LogP contribution in [-0.2, 0) is 4.74 Å². The van der Waals surface area contributed by atoms with Crippen molar-refractivity contribution in [2.75, 3.05) is 26.3 Å². The molecule has 0 amide bonds. The highest BCUT2D eigenvalue weighted by molar-refractivity contribution is 5.20. The minimum absolute atomic E-state index is 0.350. The maximum atomic E-state index is 5.62. The van der Waals surface area contributed by atoms with E-state index in [1.807, 2.05) is 30.3 Å². The van der Waals surface area contributed by atoms with Gasteiger partial charge in [-0.3, -0.25) is 0 Å². The Labute approximate surface area is 117 Å². The van der Waals surface area contributed by atoms with E-state index < -0.39 is 0 Å². The highest BCUT2D eigenvalue weighted by Crippen LogP contribution is 2.07. The van der Waals surface area contributed by atoms with Gasteiger partial charge in [-0.05, 0) is 58.3 Å². The second kappa shape index (κ2) is 10.8. The third-order valence-electron chi connectivity index (χ3n) is 2.71. The van der Waals surface area contributed by atoms with Gasteiger partial charge in [0.2, 0.25) is 0 Å². The van der Waals surface area contributed by atoms with Gasteiger partial charge in [-0.1, -0.05) is 18.2 Å². The summed E-state index contributed by atoms with van der Waals surface area (Å²) in [7, 11) is 0. The van der Waals surface area contributed by atoms with Crippen molar-refractivity contribution in [1.82, 2.24) is 5.32 Å². The van der Waals surface area contributed by atoms with Gasteiger partial charge in [-0.25, -0.2) is 0 Å². The molecule has 19 heavy (non-hydrogen) atoms. The smallest absolute Gasteiger partial charge is 0.119 e. The Bertz CT molecular complexity index is 301. The molecule has 3 heteroatoms. The number of para-hydroxylation sites is 1. The zero-order chi connectivity index (χ0) is 13.8. The first kappa shape index (κ1) is 16.0. The normalized spacial score (nSPS) is 10.9. The minimum Gasteiger partial charge on any atom is -0.494 e. The molecule has 0 aliphatic rings. The lowest BCUT2D eigenvalue weighted by Crippen LogP contribution is -2.19. The highest BCUT2D eigenvalue weighted by atomic mass is 16.5. The van der Waals surface area contributed by atoms with Gasteiger partial charge >= 0.3 is 0 Å². The van der Waals surface area contributed by atoms with Crippen molar-refractivity contribution in [3.8, 4) is 5.75 Å². The van der Waals surface area contributed by atoms with Crippen LogP contribution in [0.5, 0.6) is 5.75 Å². The first-order valence-electron chi connectivity index (χ1n) is 7.29. The molecule has 0 spiro atoms. The molecule has 0 aromatic heterocycles. The molecular weight excluding hydrogens is 238 g/mol. The summed E-state index contributed by atoms with van der Waals surface area (Å²) in [6.45, 7) is 7.87. The lowest BCUT2D eigenvalue weighted by atomic mass is 10.3. The third kappa shape index (κ3) is 9.51. The van der Waals surface area contributed by atoms with Crippen LogP contribution in [-0.4, -0.2) is 32.4 Å². The number of hydrogen-bond acceptors (Lipinski definition) is 3. The van der Waals surface area contributed by atoms with Crippen molar-refractivity contribution >= 4 is 0 Å². The molecule has 1 N–H and O–H groups in total. The van der Waals surface area contributed by atoms with Crippen LogP contribution >= 0.6 is 0 Å². The second-order valence-corrected chi connectivity index (χ2v) is 4.89. The van der Waals surface area contributed by atoms with Crippen molar-refractivity contribution in [2.45, 2.75) is 39.2 Å². The summed E-state index contributed by atoms with van der Waals surface area (Å²) in [6.07, 6.45) is 3.69. The minimum atomic E-state index is 0.350. The molecule has 1 rings (SSSR count). The van der Waals surface area contributed by atoms with Gasteiger partial charge in [0.1, 0.15) is 5.75 Å². The molecule has 0 unspecified atom stereocenters. The topological polar surface area (TPSA) is 30.5 Å². The van der Waals surface area contributed by atoms with Crippen molar-refractivity contribution < 1.29 is 9.47 Å². The molecule has 1 aromatic rings. The van der Waals surface area contributed by atoms with Crippen LogP contribution in [0.3, 0.4) is 0 Å². The monoisotopic (exact) mass is 265 g/mol. The van der Waals surface area contributed by atoms with E-state index in [0.717, 1.165) is 44.9 Å². The predicted octanol–water partition coefficient (Wildman–Crippen LogP) is 3.25. The number of nitrogens with one attached hydrogen (secondary N) is 1. The molecule has 0 heterocycles. The summed E-state index contributed by atoms with van der Waals surface area (Å²) in [5, 5.41) is 3.42. The molecule has 0 atom stereocenters. The summed E-state index contributed by atoms with van der Waals surface area (Å²) in [6, 6.07) is 9.96.